The lowest BCUT2D eigenvalue weighted by Gasteiger charge is -2.26. The van der Waals surface area contributed by atoms with Crippen LogP contribution in [0.1, 0.15) is 53.2 Å². The molecule has 0 saturated carbocycles. The zero-order chi connectivity index (χ0) is 17.8. The number of halogens is 2. The highest BCUT2D eigenvalue weighted by molar-refractivity contribution is 5.97. The molecule has 3 N–H and O–H groups in total. The molecule has 3 rings (SSSR count). The standard InChI is InChI=1S/C20H21FN2O2.ClH/c21-15-6-4-13(5-7-15)19(24)10-11-20(25)23-18-3-1-2-14-12-16(22)8-9-17(14)18;/h4-9,12,18H,1-3,10-11,22H2,(H,23,25);1H. The smallest absolute Gasteiger partial charge is 0.220 e. The molecule has 1 amide bonds. The number of aryl methyl sites for hydroxylation is 1. The predicted molar refractivity (Wildman–Crippen MR) is 102 cm³/mol. The van der Waals surface area contributed by atoms with E-state index in [0.29, 0.717) is 5.56 Å². The van der Waals surface area contributed by atoms with Crippen LogP contribution in [0.3, 0.4) is 0 Å². The Bertz CT molecular complexity index is 793. The van der Waals surface area contributed by atoms with Crippen molar-refractivity contribution in [2.24, 2.45) is 0 Å². The first-order valence-electron chi connectivity index (χ1n) is 8.49. The third-order valence-corrected chi connectivity index (χ3v) is 4.56. The fourth-order valence-electron chi connectivity index (χ4n) is 3.26. The van der Waals surface area contributed by atoms with Crippen LogP contribution < -0.4 is 11.1 Å². The minimum atomic E-state index is -0.383. The van der Waals surface area contributed by atoms with Gasteiger partial charge in [0.05, 0.1) is 6.04 Å². The molecule has 0 fully saturated rings. The van der Waals surface area contributed by atoms with Gasteiger partial charge in [0, 0.05) is 24.1 Å². The number of benzene rings is 2. The van der Waals surface area contributed by atoms with Crippen LogP contribution in [0.15, 0.2) is 42.5 Å². The molecule has 0 heterocycles. The third-order valence-electron chi connectivity index (χ3n) is 4.56. The Morgan fingerprint density at radius 1 is 1.12 bits per heavy atom. The summed E-state index contributed by atoms with van der Waals surface area (Å²) in [5, 5.41) is 3.02. The van der Waals surface area contributed by atoms with Crippen molar-refractivity contribution in [3.63, 3.8) is 0 Å². The number of Topliss-reactive ketones (excluding diaryl/α,β-unsaturated/α-hetero) is 1. The van der Waals surface area contributed by atoms with E-state index in [1.807, 2.05) is 18.2 Å². The number of amides is 1. The molecule has 1 unspecified atom stereocenters. The predicted octanol–water partition coefficient (Wildman–Crippen LogP) is 3.99. The number of carbonyl (C=O) groups excluding carboxylic acids is 2. The molecule has 0 saturated heterocycles. The van der Waals surface area contributed by atoms with Crippen molar-refractivity contribution in [2.45, 2.75) is 38.1 Å². The third kappa shape index (κ3) is 4.82. The Kier molecular flexibility index (Phi) is 6.75. The molecule has 4 nitrogen and oxygen atoms in total. The van der Waals surface area contributed by atoms with Gasteiger partial charge in [0.25, 0.3) is 0 Å². The molecule has 0 spiro atoms. The van der Waals surface area contributed by atoms with Crippen molar-refractivity contribution >= 4 is 29.8 Å². The number of rotatable bonds is 5. The van der Waals surface area contributed by atoms with Gasteiger partial charge in [0.15, 0.2) is 5.78 Å². The van der Waals surface area contributed by atoms with Gasteiger partial charge >= 0.3 is 0 Å². The first-order chi connectivity index (χ1) is 12.0. The van der Waals surface area contributed by atoms with E-state index in [4.69, 9.17) is 5.73 Å². The summed E-state index contributed by atoms with van der Waals surface area (Å²) in [6.07, 6.45) is 3.08. The van der Waals surface area contributed by atoms with Crippen LogP contribution in [-0.2, 0) is 11.2 Å². The molecule has 26 heavy (non-hydrogen) atoms. The second-order valence-corrected chi connectivity index (χ2v) is 6.40. The topological polar surface area (TPSA) is 72.2 Å². The van der Waals surface area contributed by atoms with E-state index in [2.05, 4.69) is 5.32 Å². The Balaban J connectivity index is 0.00000243. The van der Waals surface area contributed by atoms with Gasteiger partial charge in [-0.2, -0.15) is 0 Å². The Morgan fingerprint density at radius 2 is 1.85 bits per heavy atom. The van der Waals surface area contributed by atoms with Gasteiger partial charge in [-0.05, 0) is 66.8 Å². The largest absolute Gasteiger partial charge is 0.399 e. The first kappa shape index (κ1) is 19.9. The summed E-state index contributed by atoms with van der Waals surface area (Å²) >= 11 is 0. The van der Waals surface area contributed by atoms with Crippen LogP contribution in [0.5, 0.6) is 0 Å². The maximum Gasteiger partial charge on any atom is 0.220 e. The Labute approximate surface area is 158 Å². The summed E-state index contributed by atoms with van der Waals surface area (Å²) < 4.78 is 12.9. The number of fused-ring (bicyclic) bond motifs is 1. The number of nitrogen functional groups attached to an aromatic ring is 1. The van der Waals surface area contributed by atoms with Gasteiger partial charge in [-0.25, -0.2) is 4.39 Å². The van der Waals surface area contributed by atoms with Gasteiger partial charge in [0.2, 0.25) is 5.91 Å². The average Bonchev–Trinajstić information content (AvgIpc) is 2.60. The van der Waals surface area contributed by atoms with Crippen molar-refractivity contribution in [3.8, 4) is 0 Å². The van der Waals surface area contributed by atoms with Gasteiger partial charge in [-0.3, -0.25) is 9.59 Å². The maximum absolute atomic E-state index is 12.9. The molecule has 2 aromatic carbocycles. The molecule has 1 aliphatic rings. The van der Waals surface area contributed by atoms with Gasteiger partial charge in [-0.15, -0.1) is 12.4 Å². The molecule has 1 aliphatic carbocycles. The minimum Gasteiger partial charge on any atom is -0.399 e. The van der Waals surface area contributed by atoms with Crippen molar-refractivity contribution in [1.29, 1.82) is 0 Å². The van der Waals surface area contributed by atoms with Crippen molar-refractivity contribution < 1.29 is 14.0 Å². The van der Waals surface area contributed by atoms with E-state index in [1.165, 1.54) is 29.8 Å². The maximum atomic E-state index is 12.9. The molecular weight excluding hydrogens is 355 g/mol. The van der Waals surface area contributed by atoms with Gasteiger partial charge in [0.1, 0.15) is 5.82 Å². The van der Waals surface area contributed by atoms with E-state index < -0.39 is 0 Å². The summed E-state index contributed by atoms with van der Waals surface area (Å²) in [5.74, 6) is -0.692. The lowest BCUT2D eigenvalue weighted by atomic mass is 9.87. The second-order valence-electron chi connectivity index (χ2n) is 6.40. The highest BCUT2D eigenvalue weighted by Gasteiger charge is 2.22. The van der Waals surface area contributed by atoms with E-state index in [9.17, 15) is 14.0 Å². The number of nitrogens with one attached hydrogen (secondary N) is 1. The van der Waals surface area contributed by atoms with Crippen LogP contribution in [0.4, 0.5) is 10.1 Å². The zero-order valence-corrected chi connectivity index (χ0v) is 15.2. The van der Waals surface area contributed by atoms with Gasteiger partial charge in [-0.1, -0.05) is 6.07 Å². The lowest BCUT2D eigenvalue weighted by molar-refractivity contribution is -0.121. The summed E-state index contributed by atoms with van der Waals surface area (Å²) in [4.78, 5) is 24.3. The van der Waals surface area contributed by atoms with Crippen LogP contribution in [0.2, 0.25) is 0 Å². The zero-order valence-electron chi connectivity index (χ0n) is 14.3. The number of anilines is 1. The molecule has 1 atom stereocenters. The number of ketones is 1. The van der Waals surface area contributed by atoms with Crippen molar-refractivity contribution in [1.82, 2.24) is 5.32 Å². The van der Waals surface area contributed by atoms with E-state index in [-0.39, 0.29) is 48.8 Å². The molecular formula is C20H22ClFN2O2. The molecule has 0 bridgehead atoms. The number of hydrogen-bond donors (Lipinski definition) is 2. The van der Waals surface area contributed by atoms with E-state index in [0.717, 1.165) is 30.5 Å². The molecule has 6 heteroatoms. The SMILES string of the molecule is Cl.Nc1ccc2c(c1)CCCC2NC(=O)CCC(=O)c1ccc(F)cc1. The second kappa shape index (κ2) is 8.81. The summed E-state index contributed by atoms with van der Waals surface area (Å²) in [6.45, 7) is 0. The summed E-state index contributed by atoms with van der Waals surface area (Å²) in [7, 11) is 0. The highest BCUT2D eigenvalue weighted by Crippen LogP contribution is 2.31. The van der Waals surface area contributed by atoms with Crippen LogP contribution in [0, 0.1) is 5.82 Å². The summed E-state index contributed by atoms with van der Waals surface area (Å²) in [5.41, 5.74) is 9.27. The fourth-order valence-corrected chi connectivity index (χ4v) is 3.26. The number of carbonyl (C=O) groups is 2. The van der Waals surface area contributed by atoms with Crippen molar-refractivity contribution in [3.05, 3.63) is 65.0 Å². The van der Waals surface area contributed by atoms with Crippen LogP contribution >= 0.6 is 12.4 Å². The Hall–Kier alpha value is -2.40. The van der Waals surface area contributed by atoms with Crippen LogP contribution in [-0.4, -0.2) is 11.7 Å². The van der Waals surface area contributed by atoms with E-state index in [1.54, 1.807) is 0 Å². The highest BCUT2D eigenvalue weighted by atomic mass is 35.5. The quantitative estimate of drug-likeness (QED) is 0.612. The minimum absolute atomic E-state index is 0. The monoisotopic (exact) mass is 376 g/mol. The summed E-state index contributed by atoms with van der Waals surface area (Å²) in [6, 6.07) is 11.1. The fraction of sp³-hybridized carbons (Fsp3) is 0.300. The van der Waals surface area contributed by atoms with Crippen LogP contribution in [0.25, 0.3) is 0 Å². The Morgan fingerprint density at radius 3 is 2.58 bits per heavy atom. The molecule has 2 aromatic rings. The molecule has 0 aromatic heterocycles. The number of nitrogens with two attached hydrogens (primary N) is 1. The first-order valence-corrected chi connectivity index (χ1v) is 8.49. The number of hydrogen-bond acceptors (Lipinski definition) is 3. The lowest BCUT2D eigenvalue weighted by Crippen LogP contribution is -2.31. The molecule has 0 radical (unpaired) electrons. The van der Waals surface area contributed by atoms with Crippen molar-refractivity contribution in [2.75, 3.05) is 5.73 Å². The molecule has 138 valence electrons. The van der Waals surface area contributed by atoms with E-state index >= 15 is 0 Å². The molecule has 0 aliphatic heterocycles. The average molecular weight is 377 g/mol. The van der Waals surface area contributed by atoms with Gasteiger partial charge < -0.3 is 11.1 Å². The normalized spacial score (nSPS) is 15.5.